The Hall–Kier alpha value is -1.27. The second-order valence-electron chi connectivity index (χ2n) is 3.73. The summed E-state index contributed by atoms with van der Waals surface area (Å²) in [7, 11) is 3.18. The predicted molar refractivity (Wildman–Crippen MR) is 64.2 cm³/mol. The molecule has 1 aromatic rings. The molecule has 1 amide bonds. The van der Waals surface area contributed by atoms with Crippen LogP contribution in [-0.2, 0) is 13.8 Å². The molecule has 1 aliphatic rings. The highest BCUT2D eigenvalue weighted by Gasteiger charge is 2.26. The highest BCUT2D eigenvalue weighted by molar-refractivity contribution is 8.13. The van der Waals surface area contributed by atoms with Gasteiger partial charge in [0, 0.05) is 30.7 Å². The van der Waals surface area contributed by atoms with Crippen molar-refractivity contribution >= 4 is 31.3 Å². The molecule has 1 saturated heterocycles. The van der Waals surface area contributed by atoms with Crippen molar-refractivity contribution in [2.24, 2.45) is 0 Å². The molecule has 0 N–H and O–H groups in total. The van der Waals surface area contributed by atoms with Crippen LogP contribution in [0.25, 0.3) is 0 Å². The number of anilines is 1. The van der Waals surface area contributed by atoms with Crippen LogP contribution in [0.2, 0.25) is 0 Å². The fourth-order valence-corrected chi connectivity index (χ4v) is 2.54. The lowest BCUT2D eigenvalue weighted by Crippen LogP contribution is -2.35. The molecule has 1 aromatic carbocycles. The van der Waals surface area contributed by atoms with Gasteiger partial charge in [-0.2, -0.15) is 0 Å². The Balaban J connectivity index is 2.38. The summed E-state index contributed by atoms with van der Waals surface area (Å²) in [6.45, 7) is 0.543. The standard InChI is InChI=1S/C10H11ClN2O3S/c1-12-10(14)5-6-13(12)8-3-2-4-9(7-8)17(11,15)16/h2-4,7H,5-6H2,1H3. The lowest BCUT2D eigenvalue weighted by Gasteiger charge is -2.26. The van der Waals surface area contributed by atoms with Gasteiger partial charge in [-0.1, -0.05) is 6.07 Å². The van der Waals surface area contributed by atoms with Gasteiger partial charge in [-0.15, -0.1) is 0 Å². The van der Waals surface area contributed by atoms with E-state index < -0.39 is 9.05 Å². The third-order valence-electron chi connectivity index (χ3n) is 2.66. The molecular weight excluding hydrogens is 264 g/mol. The first kappa shape index (κ1) is 12.2. The largest absolute Gasteiger partial charge is 0.283 e. The molecule has 17 heavy (non-hydrogen) atoms. The summed E-state index contributed by atoms with van der Waals surface area (Å²) in [5.74, 6) is 0.00383. The highest BCUT2D eigenvalue weighted by Crippen LogP contribution is 2.25. The zero-order valence-electron chi connectivity index (χ0n) is 9.13. The number of carbonyl (C=O) groups is 1. The zero-order chi connectivity index (χ0) is 12.6. The molecular formula is C10H11ClN2O3S. The van der Waals surface area contributed by atoms with Crippen LogP contribution in [0.4, 0.5) is 5.69 Å². The van der Waals surface area contributed by atoms with Crippen LogP contribution in [-0.4, -0.2) is 32.9 Å². The van der Waals surface area contributed by atoms with E-state index in [1.807, 2.05) is 0 Å². The van der Waals surface area contributed by atoms with Gasteiger partial charge in [0.05, 0.1) is 10.6 Å². The van der Waals surface area contributed by atoms with E-state index in [1.165, 1.54) is 17.1 Å². The Bertz CT molecular complexity index is 558. The summed E-state index contributed by atoms with van der Waals surface area (Å²) in [5.41, 5.74) is 0.639. The Kier molecular flexibility index (Phi) is 3.01. The number of hydrazine groups is 1. The van der Waals surface area contributed by atoms with Crippen molar-refractivity contribution in [3.05, 3.63) is 24.3 Å². The van der Waals surface area contributed by atoms with E-state index in [9.17, 15) is 13.2 Å². The molecule has 0 aliphatic carbocycles. The van der Waals surface area contributed by atoms with Crippen molar-refractivity contribution in [3.8, 4) is 0 Å². The average molecular weight is 275 g/mol. The van der Waals surface area contributed by atoms with Crippen molar-refractivity contribution < 1.29 is 13.2 Å². The first-order chi connectivity index (χ1) is 7.89. The number of carbonyl (C=O) groups excluding carboxylic acids is 1. The molecule has 0 spiro atoms. The number of halogens is 1. The van der Waals surface area contributed by atoms with E-state index in [-0.39, 0.29) is 10.8 Å². The minimum Gasteiger partial charge on any atom is -0.283 e. The third kappa shape index (κ3) is 2.37. The van der Waals surface area contributed by atoms with Crippen LogP contribution in [0.3, 0.4) is 0 Å². The third-order valence-corrected chi connectivity index (χ3v) is 4.01. The summed E-state index contributed by atoms with van der Waals surface area (Å²) in [6.07, 6.45) is 0.425. The smallest absolute Gasteiger partial charge is 0.261 e. The van der Waals surface area contributed by atoms with Crippen molar-refractivity contribution in [3.63, 3.8) is 0 Å². The van der Waals surface area contributed by atoms with Gasteiger partial charge in [0.1, 0.15) is 0 Å². The molecule has 92 valence electrons. The van der Waals surface area contributed by atoms with Gasteiger partial charge in [0.15, 0.2) is 0 Å². The Morgan fingerprint density at radius 2 is 2.06 bits per heavy atom. The van der Waals surface area contributed by atoms with Gasteiger partial charge in [-0.25, -0.2) is 8.42 Å². The van der Waals surface area contributed by atoms with Gasteiger partial charge < -0.3 is 0 Å². The van der Waals surface area contributed by atoms with Gasteiger partial charge >= 0.3 is 0 Å². The average Bonchev–Trinajstić information content (AvgIpc) is 2.59. The Morgan fingerprint density at radius 1 is 1.35 bits per heavy atom. The van der Waals surface area contributed by atoms with E-state index >= 15 is 0 Å². The van der Waals surface area contributed by atoms with Crippen LogP contribution in [0, 0.1) is 0 Å². The van der Waals surface area contributed by atoms with Crippen LogP contribution in [0.15, 0.2) is 29.2 Å². The minimum atomic E-state index is -3.74. The molecule has 5 nitrogen and oxygen atoms in total. The number of nitrogens with zero attached hydrogens (tertiary/aromatic N) is 2. The van der Waals surface area contributed by atoms with Crippen molar-refractivity contribution in [2.75, 3.05) is 18.6 Å². The van der Waals surface area contributed by atoms with Crippen LogP contribution in [0.1, 0.15) is 6.42 Å². The summed E-state index contributed by atoms with van der Waals surface area (Å²) >= 11 is 0. The molecule has 0 saturated carbocycles. The molecule has 1 fully saturated rings. The molecule has 1 aliphatic heterocycles. The molecule has 0 atom stereocenters. The normalized spacial score (nSPS) is 16.7. The van der Waals surface area contributed by atoms with E-state index in [1.54, 1.807) is 24.2 Å². The van der Waals surface area contributed by atoms with E-state index in [0.717, 1.165) is 0 Å². The maximum atomic E-state index is 11.4. The number of benzene rings is 1. The maximum Gasteiger partial charge on any atom is 0.261 e. The fourth-order valence-electron chi connectivity index (χ4n) is 1.75. The van der Waals surface area contributed by atoms with E-state index in [2.05, 4.69) is 0 Å². The topological polar surface area (TPSA) is 57.7 Å². The van der Waals surface area contributed by atoms with Crippen molar-refractivity contribution in [1.29, 1.82) is 0 Å². The summed E-state index contributed by atoms with van der Waals surface area (Å²) < 4.78 is 22.4. The molecule has 7 heteroatoms. The maximum absolute atomic E-state index is 11.4. The molecule has 0 bridgehead atoms. The molecule has 2 rings (SSSR count). The molecule has 0 aromatic heterocycles. The second kappa shape index (κ2) is 4.19. The van der Waals surface area contributed by atoms with Gasteiger partial charge in [0.2, 0.25) is 5.91 Å². The van der Waals surface area contributed by atoms with E-state index in [0.29, 0.717) is 18.7 Å². The second-order valence-corrected chi connectivity index (χ2v) is 6.29. The number of hydrogen-bond acceptors (Lipinski definition) is 4. The molecule has 1 heterocycles. The number of amides is 1. The number of hydrogen-bond donors (Lipinski definition) is 0. The lowest BCUT2D eigenvalue weighted by molar-refractivity contribution is -0.126. The quantitative estimate of drug-likeness (QED) is 0.761. The van der Waals surface area contributed by atoms with Crippen LogP contribution >= 0.6 is 10.7 Å². The monoisotopic (exact) mass is 274 g/mol. The molecule has 0 radical (unpaired) electrons. The van der Waals surface area contributed by atoms with Crippen molar-refractivity contribution in [1.82, 2.24) is 5.01 Å². The number of rotatable bonds is 2. The van der Waals surface area contributed by atoms with Gasteiger partial charge in [-0.05, 0) is 18.2 Å². The SMILES string of the molecule is CN1C(=O)CCN1c1cccc(S(=O)(=O)Cl)c1. The van der Waals surface area contributed by atoms with Gasteiger partial charge in [-0.3, -0.25) is 14.8 Å². The predicted octanol–water partition coefficient (Wildman–Crippen LogP) is 1.20. The lowest BCUT2D eigenvalue weighted by atomic mass is 10.3. The van der Waals surface area contributed by atoms with Gasteiger partial charge in [0.25, 0.3) is 9.05 Å². The van der Waals surface area contributed by atoms with Crippen LogP contribution in [0.5, 0.6) is 0 Å². The fraction of sp³-hybridized carbons (Fsp3) is 0.300. The summed E-state index contributed by atoms with van der Waals surface area (Å²) in [5, 5.41) is 3.19. The first-order valence-electron chi connectivity index (χ1n) is 4.98. The summed E-state index contributed by atoms with van der Waals surface area (Å²) in [4.78, 5) is 11.4. The van der Waals surface area contributed by atoms with Crippen molar-refractivity contribution in [2.45, 2.75) is 11.3 Å². The molecule has 0 unspecified atom stereocenters. The Morgan fingerprint density at radius 3 is 2.59 bits per heavy atom. The highest BCUT2D eigenvalue weighted by atomic mass is 35.7. The first-order valence-corrected chi connectivity index (χ1v) is 7.29. The van der Waals surface area contributed by atoms with E-state index in [4.69, 9.17) is 10.7 Å². The Labute approximate surface area is 104 Å². The summed E-state index contributed by atoms with van der Waals surface area (Å²) in [6, 6.07) is 6.21. The van der Waals surface area contributed by atoms with Crippen LogP contribution < -0.4 is 5.01 Å². The zero-order valence-corrected chi connectivity index (χ0v) is 10.7. The minimum absolute atomic E-state index is 0.00383.